The van der Waals surface area contributed by atoms with E-state index in [1.54, 1.807) is 36.7 Å². The SMILES string of the molecule is N#Cc1ccc(NC(=O)CCNCc2cccnc2)cc1. The van der Waals surface area contributed by atoms with Crippen LogP contribution in [0.1, 0.15) is 17.5 Å². The first kappa shape index (κ1) is 14.7. The third kappa shape index (κ3) is 5.05. The van der Waals surface area contributed by atoms with Crippen LogP contribution in [0.15, 0.2) is 48.8 Å². The summed E-state index contributed by atoms with van der Waals surface area (Å²) in [5.74, 6) is -0.0570. The van der Waals surface area contributed by atoms with E-state index in [-0.39, 0.29) is 5.91 Å². The highest BCUT2D eigenvalue weighted by molar-refractivity contribution is 5.90. The molecule has 0 atom stereocenters. The van der Waals surface area contributed by atoms with Gasteiger partial charge in [0.25, 0.3) is 0 Å². The third-order valence-corrected chi connectivity index (χ3v) is 2.88. The molecule has 5 nitrogen and oxygen atoms in total. The first-order valence-corrected chi connectivity index (χ1v) is 6.67. The summed E-state index contributed by atoms with van der Waals surface area (Å²) >= 11 is 0. The van der Waals surface area contributed by atoms with Gasteiger partial charge in [0.05, 0.1) is 11.6 Å². The number of nitrogens with one attached hydrogen (secondary N) is 2. The van der Waals surface area contributed by atoms with Gasteiger partial charge in [0.1, 0.15) is 0 Å². The maximum atomic E-state index is 11.7. The molecule has 1 aromatic carbocycles. The number of amides is 1. The maximum Gasteiger partial charge on any atom is 0.225 e. The number of hydrogen-bond acceptors (Lipinski definition) is 4. The molecule has 0 fully saturated rings. The average molecular weight is 280 g/mol. The van der Waals surface area contributed by atoms with E-state index in [0.717, 1.165) is 5.56 Å². The van der Waals surface area contributed by atoms with Crippen molar-refractivity contribution in [1.29, 1.82) is 5.26 Å². The number of benzene rings is 1. The van der Waals surface area contributed by atoms with Gasteiger partial charge in [-0.15, -0.1) is 0 Å². The van der Waals surface area contributed by atoms with Crippen molar-refractivity contribution < 1.29 is 4.79 Å². The summed E-state index contributed by atoms with van der Waals surface area (Å²) in [7, 11) is 0. The number of pyridine rings is 1. The second kappa shape index (κ2) is 7.78. The van der Waals surface area contributed by atoms with E-state index in [1.807, 2.05) is 18.2 Å². The van der Waals surface area contributed by atoms with Crippen LogP contribution in [0.2, 0.25) is 0 Å². The Hall–Kier alpha value is -2.71. The highest BCUT2D eigenvalue weighted by atomic mass is 16.1. The van der Waals surface area contributed by atoms with Crippen molar-refractivity contribution in [3.05, 3.63) is 59.9 Å². The fourth-order valence-electron chi connectivity index (χ4n) is 1.79. The molecule has 0 spiro atoms. The van der Waals surface area contributed by atoms with Crippen LogP contribution in [0.5, 0.6) is 0 Å². The van der Waals surface area contributed by atoms with Gasteiger partial charge in [-0.05, 0) is 35.9 Å². The summed E-state index contributed by atoms with van der Waals surface area (Å²) in [6, 6.07) is 12.7. The number of anilines is 1. The smallest absolute Gasteiger partial charge is 0.225 e. The molecule has 0 saturated carbocycles. The van der Waals surface area contributed by atoms with Crippen LogP contribution in [0.25, 0.3) is 0 Å². The van der Waals surface area contributed by atoms with Crippen LogP contribution in [-0.4, -0.2) is 17.4 Å². The zero-order valence-electron chi connectivity index (χ0n) is 11.5. The summed E-state index contributed by atoms with van der Waals surface area (Å²) in [5.41, 5.74) is 2.36. The number of carbonyl (C=O) groups is 1. The lowest BCUT2D eigenvalue weighted by Gasteiger charge is -2.06. The molecule has 0 saturated heterocycles. The summed E-state index contributed by atoms with van der Waals surface area (Å²) in [5, 5.41) is 14.7. The quantitative estimate of drug-likeness (QED) is 0.794. The fraction of sp³-hybridized carbons (Fsp3) is 0.188. The van der Waals surface area contributed by atoms with E-state index < -0.39 is 0 Å². The Morgan fingerprint density at radius 1 is 1.24 bits per heavy atom. The zero-order chi connectivity index (χ0) is 14.9. The molecule has 0 aliphatic heterocycles. The van der Waals surface area contributed by atoms with Crippen molar-refractivity contribution in [3.63, 3.8) is 0 Å². The summed E-state index contributed by atoms with van der Waals surface area (Å²) in [4.78, 5) is 15.8. The predicted octanol–water partition coefficient (Wildman–Crippen LogP) is 2.07. The molecule has 0 radical (unpaired) electrons. The largest absolute Gasteiger partial charge is 0.326 e. The standard InChI is InChI=1S/C16H16N4O/c17-10-13-3-5-15(6-4-13)20-16(21)7-9-19-12-14-2-1-8-18-11-14/h1-6,8,11,19H,7,9,12H2,(H,20,21). The van der Waals surface area contributed by atoms with E-state index in [9.17, 15) is 4.79 Å². The van der Waals surface area contributed by atoms with Crippen molar-refractivity contribution in [2.75, 3.05) is 11.9 Å². The monoisotopic (exact) mass is 280 g/mol. The highest BCUT2D eigenvalue weighted by Gasteiger charge is 2.02. The lowest BCUT2D eigenvalue weighted by molar-refractivity contribution is -0.116. The molecule has 1 heterocycles. The molecule has 2 N–H and O–H groups in total. The van der Waals surface area contributed by atoms with Gasteiger partial charge < -0.3 is 10.6 Å². The Morgan fingerprint density at radius 2 is 2.05 bits per heavy atom. The zero-order valence-corrected chi connectivity index (χ0v) is 11.5. The minimum atomic E-state index is -0.0570. The van der Waals surface area contributed by atoms with Crippen LogP contribution >= 0.6 is 0 Å². The first-order valence-electron chi connectivity index (χ1n) is 6.67. The summed E-state index contributed by atoms with van der Waals surface area (Å²) in [6.07, 6.45) is 3.92. The van der Waals surface area contributed by atoms with Crippen LogP contribution < -0.4 is 10.6 Å². The van der Waals surface area contributed by atoms with Gasteiger partial charge >= 0.3 is 0 Å². The van der Waals surface area contributed by atoms with Crippen molar-refractivity contribution in [3.8, 4) is 6.07 Å². The Bertz CT molecular complexity index is 617. The van der Waals surface area contributed by atoms with E-state index >= 15 is 0 Å². The molecule has 2 aromatic rings. The number of hydrogen-bond donors (Lipinski definition) is 2. The molecule has 5 heteroatoms. The predicted molar refractivity (Wildman–Crippen MR) is 80.3 cm³/mol. The van der Waals surface area contributed by atoms with Crippen molar-refractivity contribution in [2.45, 2.75) is 13.0 Å². The molecule has 0 unspecified atom stereocenters. The van der Waals surface area contributed by atoms with Gasteiger partial charge in [-0.3, -0.25) is 9.78 Å². The second-order valence-electron chi connectivity index (χ2n) is 4.53. The third-order valence-electron chi connectivity index (χ3n) is 2.88. The minimum Gasteiger partial charge on any atom is -0.326 e. The Balaban J connectivity index is 1.69. The minimum absolute atomic E-state index is 0.0570. The topological polar surface area (TPSA) is 77.8 Å². The van der Waals surface area contributed by atoms with Crippen molar-refractivity contribution in [1.82, 2.24) is 10.3 Å². The first-order chi connectivity index (χ1) is 10.3. The van der Waals surface area contributed by atoms with E-state index in [2.05, 4.69) is 15.6 Å². The second-order valence-corrected chi connectivity index (χ2v) is 4.53. The molecule has 2 rings (SSSR count). The van der Waals surface area contributed by atoms with E-state index in [4.69, 9.17) is 5.26 Å². The van der Waals surface area contributed by atoms with E-state index in [0.29, 0.717) is 30.8 Å². The number of carbonyl (C=O) groups excluding carboxylic acids is 1. The van der Waals surface area contributed by atoms with Gasteiger partial charge in [0, 0.05) is 37.6 Å². The molecule has 0 bridgehead atoms. The maximum absolute atomic E-state index is 11.7. The molecule has 0 aliphatic carbocycles. The van der Waals surface area contributed by atoms with Gasteiger partial charge in [-0.2, -0.15) is 5.26 Å². The van der Waals surface area contributed by atoms with Crippen LogP contribution in [-0.2, 0) is 11.3 Å². The number of nitrogens with zero attached hydrogens (tertiary/aromatic N) is 2. The normalized spacial score (nSPS) is 9.86. The van der Waals surface area contributed by atoms with Crippen LogP contribution in [0.4, 0.5) is 5.69 Å². The van der Waals surface area contributed by atoms with Crippen molar-refractivity contribution >= 4 is 11.6 Å². The van der Waals surface area contributed by atoms with Gasteiger partial charge in [0.15, 0.2) is 0 Å². The molecule has 106 valence electrons. The summed E-state index contributed by atoms with van der Waals surface area (Å²) in [6.45, 7) is 1.29. The Labute approximate surface area is 123 Å². The van der Waals surface area contributed by atoms with E-state index in [1.165, 1.54) is 0 Å². The number of aromatic nitrogens is 1. The molecule has 1 amide bonds. The van der Waals surface area contributed by atoms with Crippen molar-refractivity contribution in [2.24, 2.45) is 0 Å². The Kier molecular flexibility index (Phi) is 5.44. The highest BCUT2D eigenvalue weighted by Crippen LogP contribution is 2.08. The fourth-order valence-corrected chi connectivity index (χ4v) is 1.79. The van der Waals surface area contributed by atoms with Gasteiger partial charge in [-0.25, -0.2) is 0 Å². The molecule has 21 heavy (non-hydrogen) atoms. The molecular weight excluding hydrogens is 264 g/mol. The molecular formula is C16H16N4O. The Morgan fingerprint density at radius 3 is 2.71 bits per heavy atom. The molecule has 1 aromatic heterocycles. The van der Waals surface area contributed by atoms with Gasteiger partial charge in [-0.1, -0.05) is 6.07 Å². The number of nitriles is 1. The average Bonchev–Trinajstić information content (AvgIpc) is 2.53. The van der Waals surface area contributed by atoms with Gasteiger partial charge in [0.2, 0.25) is 5.91 Å². The number of rotatable bonds is 6. The lowest BCUT2D eigenvalue weighted by atomic mass is 10.2. The van der Waals surface area contributed by atoms with Crippen LogP contribution in [0, 0.1) is 11.3 Å². The van der Waals surface area contributed by atoms with Crippen LogP contribution in [0.3, 0.4) is 0 Å². The molecule has 0 aliphatic rings. The lowest BCUT2D eigenvalue weighted by Crippen LogP contribution is -2.21. The summed E-state index contributed by atoms with van der Waals surface area (Å²) < 4.78 is 0.